The van der Waals surface area contributed by atoms with Crippen molar-refractivity contribution in [2.24, 2.45) is 0 Å². The number of hydrogen-bond donors (Lipinski definition) is 0. The molecule has 20 heavy (non-hydrogen) atoms. The van der Waals surface area contributed by atoms with Gasteiger partial charge in [0.05, 0.1) is 11.3 Å². The van der Waals surface area contributed by atoms with Crippen LogP contribution in [0.2, 0.25) is 0 Å². The van der Waals surface area contributed by atoms with Gasteiger partial charge in [-0.1, -0.05) is 12.1 Å². The van der Waals surface area contributed by atoms with E-state index in [-0.39, 0.29) is 0 Å². The third kappa shape index (κ3) is 3.16. The van der Waals surface area contributed by atoms with E-state index in [1.165, 1.54) is 23.5 Å². The number of carbonyl (C=O) groups is 1. The van der Waals surface area contributed by atoms with E-state index < -0.39 is 17.8 Å². The van der Waals surface area contributed by atoms with Gasteiger partial charge in [-0.3, -0.25) is 4.79 Å². The molecule has 0 aliphatic rings. The number of ether oxygens (including phenoxy) is 1. The van der Waals surface area contributed by atoms with Crippen LogP contribution in [0.25, 0.3) is 11.3 Å². The zero-order valence-corrected chi connectivity index (χ0v) is 11.2. The lowest BCUT2D eigenvalue weighted by atomic mass is 10.1. The van der Waals surface area contributed by atoms with Gasteiger partial charge >= 0.3 is 6.18 Å². The van der Waals surface area contributed by atoms with Gasteiger partial charge in [-0.05, 0) is 19.1 Å². The van der Waals surface area contributed by atoms with Crippen molar-refractivity contribution in [1.29, 1.82) is 0 Å². The molecule has 0 bridgehead atoms. The summed E-state index contributed by atoms with van der Waals surface area (Å²) in [7, 11) is 0. The molecule has 0 saturated heterocycles. The lowest BCUT2D eigenvalue weighted by molar-refractivity contribution is -0.137. The van der Waals surface area contributed by atoms with Crippen molar-refractivity contribution in [3.05, 3.63) is 40.2 Å². The Labute approximate surface area is 117 Å². The Morgan fingerprint density at radius 2 is 1.95 bits per heavy atom. The average molecular weight is 301 g/mol. The molecule has 7 heteroatoms. The monoisotopic (exact) mass is 301 g/mol. The lowest BCUT2D eigenvalue weighted by Gasteiger charge is -2.06. The predicted octanol–water partition coefficient (Wildman–Crippen LogP) is 4.06. The van der Waals surface area contributed by atoms with Crippen LogP contribution in [0.5, 0.6) is 0 Å². The van der Waals surface area contributed by atoms with Crippen molar-refractivity contribution >= 4 is 17.8 Å². The second-order valence-electron chi connectivity index (χ2n) is 4.02. The minimum atomic E-state index is -4.35. The maximum Gasteiger partial charge on any atom is 0.416 e. The van der Waals surface area contributed by atoms with Crippen LogP contribution >= 0.6 is 11.3 Å². The second-order valence-corrected chi connectivity index (χ2v) is 4.91. The number of carbonyl (C=O) groups excluding carboxylic acids is 1. The number of alkyl halides is 3. The van der Waals surface area contributed by atoms with E-state index in [2.05, 4.69) is 4.98 Å². The van der Waals surface area contributed by atoms with Gasteiger partial charge in [-0.25, -0.2) is 4.98 Å². The molecule has 2 rings (SSSR count). The fourth-order valence-electron chi connectivity index (χ4n) is 1.58. The maximum atomic E-state index is 12.5. The van der Waals surface area contributed by atoms with Gasteiger partial charge in [-0.2, -0.15) is 13.2 Å². The Bertz CT molecular complexity index is 592. The molecule has 0 amide bonds. The van der Waals surface area contributed by atoms with Crippen LogP contribution in [0.15, 0.2) is 29.6 Å². The second kappa shape index (κ2) is 5.62. The molecule has 0 radical (unpaired) electrons. The molecule has 2 aromatic rings. The van der Waals surface area contributed by atoms with Crippen LogP contribution in [0.4, 0.5) is 13.2 Å². The highest BCUT2D eigenvalue weighted by Gasteiger charge is 2.30. The Morgan fingerprint density at radius 1 is 1.30 bits per heavy atom. The summed E-state index contributed by atoms with van der Waals surface area (Å²) in [5.74, 6) is 0. The smallest absolute Gasteiger partial charge is 0.416 e. The summed E-state index contributed by atoms with van der Waals surface area (Å²) in [5, 5.41) is 2.30. The van der Waals surface area contributed by atoms with Crippen molar-refractivity contribution in [1.82, 2.24) is 4.98 Å². The molecule has 1 aromatic heterocycles. The number of benzene rings is 1. The van der Waals surface area contributed by atoms with Gasteiger partial charge in [0.1, 0.15) is 5.01 Å². The zero-order valence-electron chi connectivity index (χ0n) is 10.3. The molecule has 1 heterocycles. The number of rotatable bonds is 4. The Kier molecular flexibility index (Phi) is 4.08. The van der Waals surface area contributed by atoms with Gasteiger partial charge in [0.15, 0.2) is 6.10 Å². The van der Waals surface area contributed by atoms with Crippen molar-refractivity contribution < 1.29 is 22.7 Å². The molecule has 1 atom stereocenters. The average Bonchev–Trinajstić information content (AvgIpc) is 2.88. The SMILES string of the molecule is CC(OC=O)c1nc(-c2ccc(C(F)(F)F)cc2)cs1. The topological polar surface area (TPSA) is 39.2 Å². The van der Waals surface area contributed by atoms with E-state index in [0.29, 0.717) is 22.7 Å². The Morgan fingerprint density at radius 3 is 2.50 bits per heavy atom. The molecule has 0 N–H and O–H groups in total. The Balaban J connectivity index is 2.22. The summed E-state index contributed by atoms with van der Waals surface area (Å²) in [6, 6.07) is 4.76. The summed E-state index contributed by atoms with van der Waals surface area (Å²) < 4.78 is 42.1. The fraction of sp³-hybridized carbons (Fsp3) is 0.231. The molecular weight excluding hydrogens is 291 g/mol. The summed E-state index contributed by atoms with van der Waals surface area (Å²) in [6.45, 7) is 2.01. The first-order valence-electron chi connectivity index (χ1n) is 5.64. The van der Waals surface area contributed by atoms with Gasteiger partial charge in [0.2, 0.25) is 0 Å². The van der Waals surface area contributed by atoms with Crippen LogP contribution in [0.3, 0.4) is 0 Å². The summed E-state index contributed by atoms with van der Waals surface area (Å²) in [4.78, 5) is 14.5. The molecule has 0 aliphatic carbocycles. The molecule has 0 spiro atoms. The first kappa shape index (κ1) is 14.5. The van der Waals surface area contributed by atoms with Crippen LogP contribution in [0, 0.1) is 0 Å². The molecule has 0 saturated carbocycles. The van der Waals surface area contributed by atoms with Crippen molar-refractivity contribution in [3.8, 4) is 11.3 Å². The number of aromatic nitrogens is 1. The molecule has 0 fully saturated rings. The first-order chi connectivity index (χ1) is 9.41. The number of hydrogen-bond acceptors (Lipinski definition) is 4. The van der Waals surface area contributed by atoms with E-state index in [1.54, 1.807) is 12.3 Å². The van der Waals surface area contributed by atoms with Crippen molar-refractivity contribution in [3.63, 3.8) is 0 Å². The van der Waals surface area contributed by atoms with Crippen LogP contribution < -0.4 is 0 Å². The van der Waals surface area contributed by atoms with Gasteiger partial charge < -0.3 is 4.74 Å². The van der Waals surface area contributed by atoms with E-state index in [9.17, 15) is 18.0 Å². The van der Waals surface area contributed by atoms with Gasteiger partial charge in [0.25, 0.3) is 6.47 Å². The largest absolute Gasteiger partial charge is 0.457 e. The van der Waals surface area contributed by atoms with Crippen molar-refractivity contribution in [2.45, 2.75) is 19.2 Å². The van der Waals surface area contributed by atoms with Crippen molar-refractivity contribution in [2.75, 3.05) is 0 Å². The van der Waals surface area contributed by atoms with E-state index in [0.717, 1.165) is 12.1 Å². The minimum absolute atomic E-state index is 0.337. The third-order valence-corrected chi connectivity index (χ3v) is 3.64. The van der Waals surface area contributed by atoms with Crippen LogP contribution in [-0.4, -0.2) is 11.5 Å². The number of thiazole rings is 1. The standard InChI is InChI=1S/C13H10F3NO2S/c1-8(19-7-18)12-17-11(6-20-12)9-2-4-10(5-3-9)13(14,15)16/h2-8H,1H3. The molecule has 106 valence electrons. The quantitative estimate of drug-likeness (QED) is 0.799. The molecule has 3 nitrogen and oxygen atoms in total. The zero-order chi connectivity index (χ0) is 14.8. The molecular formula is C13H10F3NO2S. The minimum Gasteiger partial charge on any atom is -0.457 e. The Hall–Kier alpha value is -1.89. The predicted molar refractivity (Wildman–Crippen MR) is 68.1 cm³/mol. The lowest BCUT2D eigenvalue weighted by Crippen LogP contribution is -2.04. The summed E-state index contributed by atoms with van der Waals surface area (Å²) in [5.41, 5.74) is 0.438. The highest BCUT2D eigenvalue weighted by atomic mass is 32.1. The normalized spacial score (nSPS) is 13.0. The van der Waals surface area contributed by atoms with Crippen LogP contribution in [0.1, 0.15) is 23.6 Å². The molecule has 1 unspecified atom stereocenters. The highest BCUT2D eigenvalue weighted by molar-refractivity contribution is 7.10. The van der Waals surface area contributed by atoms with Gasteiger partial charge in [-0.15, -0.1) is 11.3 Å². The third-order valence-electron chi connectivity index (χ3n) is 2.64. The van der Waals surface area contributed by atoms with E-state index >= 15 is 0 Å². The molecule has 1 aromatic carbocycles. The number of halogens is 3. The fourth-order valence-corrected chi connectivity index (χ4v) is 2.40. The summed E-state index contributed by atoms with van der Waals surface area (Å²) >= 11 is 1.28. The maximum absolute atomic E-state index is 12.5. The molecule has 0 aliphatic heterocycles. The van der Waals surface area contributed by atoms with E-state index in [1.807, 2.05) is 0 Å². The first-order valence-corrected chi connectivity index (χ1v) is 6.52. The van der Waals surface area contributed by atoms with Crippen LogP contribution in [-0.2, 0) is 15.7 Å². The number of nitrogens with zero attached hydrogens (tertiary/aromatic N) is 1. The highest BCUT2D eigenvalue weighted by Crippen LogP contribution is 2.32. The van der Waals surface area contributed by atoms with Gasteiger partial charge in [0, 0.05) is 10.9 Å². The van der Waals surface area contributed by atoms with E-state index in [4.69, 9.17) is 4.74 Å². The summed E-state index contributed by atoms with van der Waals surface area (Å²) in [6.07, 6.45) is -4.82.